The van der Waals surface area contributed by atoms with Crippen molar-refractivity contribution >= 4 is 59.5 Å². The fraction of sp³-hybridized carbons (Fsp3) is 1.00. The van der Waals surface area contributed by atoms with Gasteiger partial charge in [-0.05, 0) is 52.4 Å². The van der Waals surface area contributed by atoms with E-state index in [1.807, 2.05) is 27.7 Å². The van der Waals surface area contributed by atoms with E-state index >= 15 is 0 Å². The maximum atomic E-state index is 5.47. The Hall–Kier alpha value is 2.46. The molecular formula is C22H48O4P2S4Zn. The first kappa shape index (κ1) is 40.0. The van der Waals surface area contributed by atoms with Crippen molar-refractivity contribution in [2.45, 2.75) is 119 Å². The molecule has 0 aromatic carbocycles. The Kier molecular flexibility index (Phi) is 28.5. The fourth-order valence-electron chi connectivity index (χ4n) is 2.59. The normalized spacial score (nSPS) is 15.2. The van der Waals surface area contributed by atoms with Crippen molar-refractivity contribution in [1.29, 1.82) is 0 Å². The molecular weight excluding hydrogens is 584 g/mol. The number of hydrogen-bond acceptors (Lipinski definition) is 8. The monoisotopic (exact) mass is 630 g/mol. The van der Waals surface area contributed by atoms with Crippen molar-refractivity contribution < 1.29 is 37.6 Å². The van der Waals surface area contributed by atoms with Crippen molar-refractivity contribution in [2.75, 3.05) is 13.2 Å². The van der Waals surface area contributed by atoms with E-state index in [-0.39, 0.29) is 31.7 Å². The van der Waals surface area contributed by atoms with Crippen molar-refractivity contribution in [1.82, 2.24) is 0 Å². The second-order valence-corrected chi connectivity index (χ2v) is 19.2. The Bertz CT molecular complexity index is 493. The van der Waals surface area contributed by atoms with Crippen molar-refractivity contribution in [2.24, 2.45) is 11.8 Å². The molecule has 0 heterocycles. The summed E-state index contributed by atoms with van der Waals surface area (Å²) in [6.07, 6.45) is 9.63. The molecule has 0 aromatic rings. The van der Waals surface area contributed by atoms with E-state index in [0.29, 0.717) is 13.2 Å². The molecule has 0 aliphatic heterocycles. The minimum atomic E-state index is -2.40. The van der Waals surface area contributed by atoms with Gasteiger partial charge < -0.3 is 42.6 Å². The summed E-state index contributed by atoms with van der Waals surface area (Å²) in [5.41, 5.74) is -4.80. The van der Waals surface area contributed by atoms with Crippen LogP contribution in [0.25, 0.3) is 0 Å². The SMILES string of the molecule is CC(C)CCCCCOP(=S)([S-])OC(C)C.CC(C)CCCCCOP(=S)([S-])OC(C)C.[Zn+2]. The molecule has 0 aliphatic carbocycles. The average Bonchev–Trinajstić information content (AvgIpc) is 2.58. The van der Waals surface area contributed by atoms with Gasteiger partial charge in [-0.25, -0.2) is 0 Å². The van der Waals surface area contributed by atoms with E-state index in [1.54, 1.807) is 0 Å². The zero-order chi connectivity index (χ0) is 25.2. The van der Waals surface area contributed by atoms with E-state index in [4.69, 9.17) is 66.2 Å². The Balaban J connectivity index is -0.000000529. The van der Waals surface area contributed by atoms with Gasteiger partial charge in [-0.2, -0.15) is 0 Å². The maximum absolute atomic E-state index is 5.47. The van der Waals surface area contributed by atoms with Crippen LogP contribution >= 0.6 is 11.4 Å². The molecule has 0 saturated carbocycles. The van der Waals surface area contributed by atoms with Gasteiger partial charge in [0.05, 0.1) is 36.8 Å². The van der Waals surface area contributed by atoms with Gasteiger partial charge in [-0.3, -0.25) is 0 Å². The van der Waals surface area contributed by atoms with E-state index in [9.17, 15) is 0 Å². The summed E-state index contributed by atoms with van der Waals surface area (Å²) < 4.78 is 21.7. The largest absolute Gasteiger partial charge is 2.00 e. The van der Waals surface area contributed by atoms with E-state index in [1.165, 1.54) is 38.5 Å². The third kappa shape index (κ3) is 34.5. The molecule has 11 heteroatoms. The van der Waals surface area contributed by atoms with E-state index in [0.717, 1.165) is 24.7 Å². The zero-order valence-corrected chi connectivity index (χ0v) is 30.3. The van der Waals surface area contributed by atoms with Crippen molar-refractivity contribution in [3.63, 3.8) is 0 Å². The molecule has 0 aromatic heterocycles. The summed E-state index contributed by atoms with van der Waals surface area (Å²) in [5.74, 6) is 1.57. The van der Waals surface area contributed by atoms with Gasteiger partial charge in [0.2, 0.25) is 0 Å². The molecule has 2 unspecified atom stereocenters. The summed E-state index contributed by atoms with van der Waals surface area (Å²) in [4.78, 5) is 0. The first-order valence-corrected chi connectivity index (χ1v) is 19.2. The van der Waals surface area contributed by atoms with Crippen LogP contribution in [0.3, 0.4) is 0 Å². The fourth-order valence-corrected chi connectivity index (χ4v) is 7.41. The van der Waals surface area contributed by atoms with Gasteiger partial charge in [0.15, 0.2) is 0 Å². The Labute approximate surface area is 239 Å². The second-order valence-electron chi connectivity index (χ2n) is 9.36. The van der Waals surface area contributed by atoms with Crippen LogP contribution in [-0.2, 0) is 85.7 Å². The molecule has 0 spiro atoms. The molecule has 0 aliphatic rings. The van der Waals surface area contributed by atoms with Gasteiger partial charge in [0, 0.05) is 0 Å². The molecule has 196 valence electrons. The molecule has 0 N–H and O–H groups in total. The van der Waals surface area contributed by atoms with Crippen LogP contribution in [0.15, 0.2) is 0 Å². The standard InChI is InChI=1S/2C11H25O2PS2.Zn/c2*1-10(2)8-6-5-7-9-12-14(15,16)13-11(3)4;/h2*10-11H,5-9H2,1-4H3,(H,15,16);/q;;+2/p-2. The average molecular weight is 632 g/mol. The Morgan fingerprint density at radius 1 is 0.576 bits per heavy atom. The summed E-state index contributed by atoms with van der Waals surface area (Å²) in [6, 6.07) is 0. The smallest absolute Gasteiger partial charge is 0.691 e. The Morgan fingerprint density at radius 3 is 1.12 bits per heavy atom. The number of hydrogen-bond donors (Lipinski definition) is 0. The third-order valence-corrected chi connectivity index (χ3v) is 8.69. The number of unbranched alkanes of at least 4 members (excludes halogenated alkanes) is 4. The molecule has 0 bridgehead atoms. The van der Waals surface area contributed by atoms with E-state index < -0.39 is 11.4 Å². The minimum absolute atomic E-state index is 0. The van der Waals surface area contributed by atoms with Crippen LogP contribution in [-0.4, -0.2) is 25.4 Å². The summed E-state index contributed by atoms with van der Waals surface area (Å²) >= 11 is 20.5. The van der Waals surface area contributed by atoms with Crippen LogP contribution in [0, 0.1) is 11.8 Å². The van der Waals surface area contributed by atoms with Crippen LogP contribution in [0.1, 0.15) is 107 Å². The maximum Gasteiger partial charge on any atom is 2.00 e. The molecule has 0 amide bonds. The molecule has 4 nitrogen and oxygen atoms in total. The molecule has 33 heavy (non-hydrogen) atoms. The molecule has 0 saturated heterocycles. The van der Waals surface area contributed by atoms with Gasteiger partial charge in [0.25, 0.3) is 0 Å². The van der Waals surface area contributed by atoms with E-state index in [2.05, 4.69) is 27.7 Å². The van der Waals surface area contributed by atoms with Crippen LogP contribution in [0.5, 0.6) is 0 Å². The topological polar surface area (TPSA) is 36.9 Å². The first-order chi connectivity index (χ1) is 14.7. The van der Waals surface area contributed by atoms with Gasteiger partial charge in [-0.15, -0.1) is 0 Å². The predicted octanol–water partition coefficient (Wildman–Crippen LogP) is 8.83. The summed E-state index contributed by atoms with van der Waals surface area (Å²) in [7, 11) is 0. The summed E-state index contributed by atoms with van der Waals surface area (Å²) in [5, 5.41) is 0. The summed E-state index contributed by atoms with van der Waals surface area (Å²) in [6.45, 7) is 18.0. The second kappa shape index (κ2) is 23.6. The van der Waals surface area contributed by atoms with Crippen LogP contribution < -0.4 is 0 Å². The molecule has 0 fully saturated rings. The van der Waals surface area contributed by atoms with Gasteiger partial charge >= 0.3 is 19.5 Å². The quantitative estimate of drug-likeness (QED) is 0.0643. The first-order valence-electron chi connectivity index (χ1n) is 11.9. The third-order valence-electron chi connectivity index (χ3n) is 4.03. The number of rotatable bonds is 18. The van der Waals surface area contributed by atoms with Gasteiger partial charge in [-0.1, -0.05) is 89.8 Å². The van der Waals surface area contributed by atoms with Crippen LogP contribution in [0.4, 0.5) is 0 Å². The van der Waals surface area contributed by atoms with Crippen LogP contribution in [0.2, 0.25) is 0 Å². The molecule has 0 rings (SSSR count). The van der Waals surface area contributed by atoms with Gasteiger partial charge in [0.1, 0.15) is 0 Å². The molecule has 2 atom stereocenters. The zero-order valence-electron chi connectivity index (χ0n) is 22.2. The predicted molar refractivity (Wildman–Crippen MR) is 154 cm³/mol. The van der Waals surface area contributed by atoms with Crippen molar-refractivity contribution in [3.05, 3.63) is 0 Å². The Morgan fingerprint density at radius 2 is 0.879 bits per heavy atom. The molecule has 0 radical (unpaired) electrons. The van der Waals surface area contributed by atoms with Crippen molar-refractivity contribution in [3.8, 4) is 0 Å². The minimum Gasteiger partial charge on any atom is -0.691 e.